The van der Waals surface area contributed by atoms with E-state index < -0.39 is 0 Å². The Balaban J connectivity index is 1.76. The summed E-state index contributed by atoms with van der Waals surface area (Å²) in [4.78, 5) is 16.7. The van der Waals surface area contributed by atoms with Crippen LogP contribution in [0, 0.1) is 5.92 Å². The maximum Gasteiger partial charge on any atom is 0.335 e. The number of rotatable bonds is 11. The summed E-state index contributed by atoms with van der Waals surface area (Å²) in [6.45, 7) is 1.08. The summed E-state index contributed by atoms with van der Waals surface area (Å²) >= 11 is 0. The minimum Gasteiger partial charge on any atom is -0.468 e. The molecule has 0 saturated heterocycles. The molecule has 0 aromatic heterocycles. The van der Waals surface area contributed by atoms with E-state index in [1.807, 2.05) is 0 Å². The lowest BCUT2D eigenvalue weighted by Crippen LogP contribution is -2.15. The highest BCUT2D eigenvalue weighted by molar-refractivity contribution is 5.97. The van der Waals surface area contributed by atoms with Crippen molar-refractivity contribution in [3.05, 3.63) is 29.8 Å². The van der Waals surface area contributed by atoms with Crippen LogP contribution in [0.2, 0.25) is 0 Å². The smallest absolute Gasteiger partial charge is 0.335 e. The van der Waals surface area contributed by atoms with Crippen LogP contribution in [0.15, 0.2) is 29.4 Å². The lowest BCUT2D eigenvalue weighted by Gasteiger charge is -2.08. The maximum atomic E-state index is 11.8. The fourth-order valence-electron chi connectivity index (χ4n) is 2.88. The van der Waals surface area contributed by atoms with Gasteiger partial charge >= 0.3 is 5.97 Å². The second-order valence-corrected chi connectivity index (χ2v) is 6.32. The predicted octanol–water partition coefficient (Wildman–Crippen LogP) is 2.82. The Kier molecular flexibility index (Phi) is 8.92. The minimum atomic E-state index is -0.348. The normalized spacial score (nSPS) is 15.2. The maximum absolute atomic E-state index is 11.8. The zero-order valence-electron chi connectivity index (χ0n) is 15.3. The first-order chi connectivity index (χ1) is 12.7. The van der Waals surface area contributed by atoms with Crippen LogP contribution >= 0.6 is 0 Å². The summed E-state index contributed by atoms with van der Waals surface area (Å²) in [6.07, 6.45) is 6.19. The third-order valence-electron chi connectivity index (χ3n) is 4.35. The van der Waals surface area contributed by atoms with Gasteiger partial charge in [-0.05, 0) is 24.5 Å². The second kappa shape index (κ2) is 11.5. The van der Waals surface area contributed by atoms with Crippen molar-refractivity contribution < 1.29 is 23.8 Å². The summed E-state index contributed by atoms with van der Waals surface area (Å²) in [7, 11) is 1.61. The van der Waals surface area contributed by atoms with Gasteiger partial charge in [0.1, 0.15) is 5.75 Å². The number of hydrogen-bond donors (Lipinski definition) is 1. The number of carbonyl (C=O) groups excluding carboxylic acids is 1. The van der Waals surface area contributed by atoms with Gasteiger partial charge in [-0.2, -0.15) is 0 Å². The number of carbonyl (C=O) groups is 1. The van der Waals surface area contributed by atoms with E-state index >= 15 is 0 Å². The number of hydrogen-bond acceptors (Lipinski definition) is 6. The Morgan fingerprint density at radius 3 is 2.85 bits per heavy atom. The number of oxime groups is 1. The third-order valence-corrected chi connectivity index (χ3v) is 4.35. The highest BCUT2D eigenvalue weighted by atomic mass is 16.7. The molecule has 2 rings (SSSR count). The van der Waals surface area contributed by atoms with Crippen molar-refractivity contribution in [2.75, 3.05) is 27.1 Å². The molecule has 0 bridgehead atoms. The number of nitrogens with zero attached hydrogens (tertiary/aromatic N) is 1. The molecular weight excluding hydrogens is 336 g/mol. The minimum absolute atomic E-state index is 0.111. The summed E-state index contributed by atoms with van der Waals surface area (Å²) in [5.41, 5.74) is 6.51. The van der Waals surface area contributed by atoms with E-state index in [0.717, 1.165) is 6.42 Å². The Bertz CT molecular complexity index is 585. The van der Waals surface area contributed by atoms with E-state index in [-0.39, 0.29) is 18.6 Å². The molecule has 7 nitrogen and oxygen atoms in total. The quantitative estimate of drug-likeness (QED) is 0.162. The molecule has 1 fully saturated rings. The van der Waals surface area contributed by atoms with Gasteiger partial charge in [0.15, 0.2) is 12.6 Å². The lowest BCUT2D eigenvalue weighted by molar-refractivity contribution is -0.144. The SMILES string of the molecule is COCCOCOc1cccc(/C(N)=N/OC(=O)CCC2CCCC2)c1. The van der Waals surface area contributed by atoms with Crippen LogP contribution in [0.25, 0.3) is 0 Å². The van der Waals surface area contributed by atoms with E-state index in [4.69, 9.17) is 24.8 Å². The zero-order chi connectivity index (χ0) is 18.6. The first kappa shape index (κ1) is 20.2. The van der Waals surface area contributed by atoms with Gasteiger partial charge in [0.05, 0.1) is 13.2 Å². The standard InChI is InChI=1S/C19H28N2O5/c1-23-11-12-24-14-25-17-8-4-7-16(13-17)19(20)21-26-18(22)10-9-15-5-2-3-6-15/h4,7-8,13,15H,2-3,5-6,9-12,14H2,1H3,(H2,20,21). The van der Waals surface area contributed by atoms with E-state index in [0.29, 0.717) is 36.9 Å². The average Bonchev–Trinajstić information content (AvgIpc) is 3.18. The van der Waals surface area contributed by atoms with Crippen LogP contribution in [0.4, 0.5) is 0 Å². The summed E-state index contributed by atoms with van der Waals surface area (Å²) < 4.78 is 15.6. The molecule has 1 aliphatic rings. The molecule has 0 amide bonds. The Morgan fingerprint density at radius 1 is 1.27 bits per heavy atom. The number of methoxy groups -OCH3 is 1. The summed E-state index contributed by atoms with van der Waals surface area (Å²) in [6, 6.07) is 7.04. The van der Waals surface area contributed by atoms with Crippen molar-refractivity contribution in [2.45, 2.75) is 38.5 Å². The average molecular weight is 364 g/mol. The number of amidine groups is 1. The molecule has 144 valence electrons. The van der Waals surface area contributed by atoms with Crippen molar-refractivity contribution >= 4 is 11.8 Å². The van der Waals surface area contributed by atoms with Crippen LogP contribution in [-0.4, -0.2) is 38.9 Å². The summed E-state index contributed by atoms with van der Waals surface area (Å²) in [5.74, 6) is 1.01. The Morgan fingerprint density at radius 2 is 2.08 bits per heavy atom. The topological polar surface area (TPSA) is 92.4 Å². The van der Waals surface area contributed by atoms with Gasteiger partial charge < -0.3 is 24.8 Å². The van der Waals surface area contributed by atoms with Crippen molar-refractivity contribution in [1.82, 2.24) is 0 Å². The van der Waals surface area contributed by atoms with E-state index in [2.05, 4.69) is 5.16 Å². The number of nitrogens with two attached hydrogens (primary N) is 1. The monoisotopic (exact) mass is 364 g/mol. The van der Waals surface area contributed by atoms with Crippen molar-refractivity contribution in [3.63, 3.8) is 0 Å². The van der Waals surface area contributed by atoms with Crippen molar-refractivity contribution in [3.8, 4) is 5.75 Å². The first-order valence-electron chi connectivity index (χ1n) is 9.02. The highest BCUT2D eigenvalue weighted by Crippen LogP contribution is 2.28. The molecule has 1 aromatic carbocycles. The van der Waals surface area contributed by atoms with Gasteiger partial charge in [0.25, 0.3) is 0 Å². The molecule has 7 heteroatoms. The lowest BCUT2D eigenvalue weighted by atomic mass is 10.0. The second-order valence-electron chi connectivity index (χ2n) is 6.32. The van der Waals surface area contributed by atoms with Gasteiger partial charge in [-0.3, -0.25) is 0 Å². The number of benzene rings is 1. The van der Waals surface area contributed by atoms with E-state index in [1.54, 1.807) is 31.4 Å². The largest absolute Gasteiger partial charge is 0.468 e. The van der Waals surface area contributed by atoms with Gasteiger partial charge in [0, 0.05) is 19.1 Å². The van der Waals surface area contributed by atoms with Crippen molar-refractivity contribution in [1.29, 1.82) is 0 Å². The molecule has 0 atom stereocenters. The molecule has 0 heterocycles. The molecular formula is C19H28N2O5. The van der Waals surface area contributed by atoms with E-state index in [1.165, 1.54) is 25.7 Å². The molecule has 1 aliphatic carbocycles. The molecule has 26 heavy (non-hydrogen) atoms. The molecule has 0 spiro atoms. The molecule has 1 saturated carbocycles. The molecule has 2 N–H and O–H groups in total. The fourth-order valence-corrected chi connectivity index (χ4v) is 2.88. The van der Waals surface area contributed by atoms with Crippen LogP contribution in [0.5, 0.6) is 5.75 Å². The molecule has 1 aromatic rings. The molecule has 0 aliphatic heterocycles. The van der Waals surface area contributed by atoms with Crippen LogP contribution in [-0.2, 0) is 19.1 Å². The highest BCUT2D eigenvalue weighted by Gasteiger charge is 2.16. The van der Waals surface area contributed by atoms with Gasteiger partial charge in [-0.15, -0.1) is 0 Å². The van der Waals surface area contributed by atoms with Crippen molar-refractivity contribution in [2.24, 2.45) is 16.8 Å². The Labute approximate surface area is 154 Å². The van der Waals surface area contributed by atoms with Gasteiger partial charge in [-0.25, -0.2) is 4.79 Å². The fraction of sp³-hybridized carbons (Fsp3) is 0.579. The zero-order valence-corrected chi connectivity index (χ0v) is 15.3. The third kappa shape index (κ3) is 7.41. The van der Waals surface area contributed by atoms with Crippen LogP contribution < -0.4 is 10.5 Å². The predicted molar refractivity (Wildman–Crippen MR) is 97.8 cm³/mol. The molecule has 0 unspecified atom stereocenters. The van der Waals surface area contributed by atoms with E-state index in [9.17, 15) is 4.79 Å². The van der Waals surface area contributed by atoms with Gasteiger partial charge in [0.2, 0.25) is 0 Å². The van der Waals surface area contributed by atoms with Crippen LogP contribution in [0.3, 0.4) is 0 Å². The number of ether oxygens (including phenoxy) is 3. The Hall–Kier alpha value is -2.12. The van der Waals surface area contributed by atoms with Gasteiger partial charge in [-0.1, -0.05) is 43.0 Å². The van der Waals surface area contributed by atoms with Crippen LogP contribution in [0.1, 0.15) is 44.1 Å². The molecule has 0 radical (unpaired) electrons. The first-order valence-corrected chi connectivity index (χ1v) is 9.02. The summed E-state index contributed by atoms with van der Waals surface area (Å²) in [5, 5.41) is 3.74.